The summed E-state index contributed by atoms with van der Waals surface area (Å²) in [5.41, 5.74) is 1.78. The third-order valence-electron chi connectivity index (χ3n) is 7.34. The summed E-state index contributed by atoms with van der Waals surface area (Å²) in [6, 6.07) is 14.4. The van der Waals surface area contributed by atoms with E-state index in [1.54, 1.807) is 18.2 Å². The van der Waals surface area contributed by atoms with E-state index in [0.717, 1.165) is 31.1 Å². The molecule has 2 aliphatic rings. The highest BCUT2D eigenvalue weighted by Gasteiger charge is 2.24. The van der Waals surface area contributed by atoms with E-state index in [2.05, 4.69) is 26.2 Å². The van der Waals surface area contributed by atoms with E-state index in [0.29, 0.717) is 48.4 Å². The van der Waals surface area contributed by atoms with Gasteiger partial charge in [-0.1, -0.05) is 22.0 Å². The van der Waals surface area contributed by atoms with Gasteiger partial charge in [0.05, 0.1) is 35.7 Å². The van der Waals surface area contributed by atoms with Crippen LogP contribution in [0.4, 0.5) is 14.5 Å². The number of carbonyl (C=O) groups is 1. The van der Waals surface area contributed by atoms with Crippen molar-refractivity contribution in [2.75, 3.05) is 31.6 Å². The standard InChI is InChI=1S/C31H31BrF2N4O4/c32-22-15-21(5-6-24-10-13-40-24)31(27(34)16-22)37-29(39)18-38-11-8-25(9-12-38)42-30-3-1-2-23(36-30)19-41-28-7-4-20(17-35)14-26(28)33/h1-4,7,14-16,24-25H,5-6,8-13,18-19H2,(H,37,39)/t24-/m1/s1. The van der Waals surface area contributed by atoms with Gasteiger partial charge in [0.15, 0.2) is 11.6 Å². The number of halogens is 3. The van der Waals surface area contributed by atoms with Crippen molar-refractivity contribution >= 4 is 27.5 Å². The molecule has 0 bridgehead atoms. The Morgan fingerprint density at radius 1 is 1.14 bits per heavy atom. The van der Waals surface area contributed by atoms with E-state index < -0.39 is 11.6 Å². The van der Waals surface area contributed by atoms with E-state index >= 15 is 0 Å². The molecular weight excluding hydrogens is 610 g/mol. The minimum atomic E-state index is -0.608. The molecule has 0 radical (unpaired) electrons. The summed E-state index contributed by atoms with van der Waals surface area (Å²) in [5, 5.41) is 11.7. The van der Waals surface area contributed by atoms with Crippen LogP contribution in [0.15, 0.2) is 53.0 Å². The number of ether oxygens (including phenoxy) is 3. The lowest BCUT2D eigenvalue weighted by Gasteiger charge is -2.31. The monoisotopic (exact) mass is 640 g/mol. The minimum absolute atomic E-state index is 0.0425. The molecule has 2 fully saturated rings. The fourth-order valence-electron chi connectivity index (χ4n) is 4.97. The molecule has 42 heavy (non-hydrogen) atoms. The minimum Gasteiger partial charge on any atom is -0.484 e. The molecule has 0 saturated carbocycles. The highest BCUT2D eigenvalue weighted by Crippen LogP contribution is 2.29. The topological polar surface area (TPSA) is 96.7 Å². The molecule has 3 heterocycles. The Morgan fingerprint density at radius 3 is 2.67 bits per heavy atom. The molecule has 3 aromatic rings. The van der Waals surface area contributed by atoms with Gasteiger partial charge in [0.1, 0.15) is 18.5 Å². The van der Waals surface area contributed by atoms with Gasteiger partial charge in [-0.3, -0.25) is 9.69 Å². The first-order chi connectivity index (χ1) is 20.4. The molecule has 0 unspecified atom stereocenters. The third kappa shape index (κ3) is 8.03. The molecule has 2 aliphatic heterocycles. The van der Waals surface area contributed by atoms with E-state index in [4.69, 9.17) is 19.5 Å². The number of likely N-dealkylation sites (tertiary alicyclic amines) is 1. The molecule has 1 amide bonds. The van der Waals surface area contributed by atoms with Crippen LogP contribution >= 0.6 is 15.9 Å². The molecular formula is C31H31BrF2N4O4. The van der Waals surface area contributed by atoms with Crippen LogP contribution in [-0.4, -0.2) is 54.2 Å². The molecule has 1 N–H and O–H groups in total. The number of piperidine rings is 1. The van der Waals surface area contributed by atoms with Crippen molar-refractivity contribution in [3.63, 3.8) is 0 Å². The van der Waals surface area contributed by atoms with Crippen molar-refractivity contribution in [1.29, 1.82) is 5.26 Å². The van der Waals surface area contributed by atoms with Crippen LogP contribution in [0, 0.1) is 23.0 Å². The lowest BCUT2D eigenvalue weighted by molar-refractivity contribution is -0.117. The number of nitrogens with one attached hydrogen (secondary N) is 1. The van der Waals surface area contributed by atoms with Crippen LogP contribution in [0.1, 0.15) is 42.5 Å². The molecule has 11 heteroatoms. The SMILES string of the molecule is N#Cc1ccc(OCc2cccc(OC3CCN(CC(=O)Nc4c(F)cc(Br)cc4CC[C@@H]4CCO4)CC3)n2)c(F)c1. The summed E-state index contributed by atoms with van der Waals surface area (Å²) < 4.78 is 46.6. The van der Waals surface area contributed by atoms with Crippen LogP contribution in [0.3, 0.4) is 0 Å². The normalized spacial score (nSPS) is 17.2. The summed E-state index contributed by atoms with van der Waals surface area (Å²) in [7, 11) is 0. The van der Waals surface area contributed by atoms with E-state index in [1.165, 1.54) is 18.2 Å². The van der Waals surface area contributed by atoms with Crippen LogP contribution in [0.2, 0.25) is 0 Å². The largest absolute Gasteiger partial charge is 0.484 e. The quantitative estimate of drug-likeness (QED) is 0.284. The number of pyridine rings is 1. The van der Waals surface area contributed by atoms with Gasteiger partial charge in [-0.15, -0.1) is 0 Å². The fourth-order valence-corrected chi connectivity index (χ4v) is 5.45. The second-order valence-electron chi connectivity index (χ2n) is 10.4. The number of nitriles is 1. The van der Waals surface area contributed by atoms with Crippen molar-refractivity contribution in [2.45, 2.75) is 50.9 Å². The second kappa shape index (κ2) is 14.1. The number of nitrogens with zero attached hydrogens (tertiary/aromatic N) is 3. The van der Waals surface area contributed by atoms with Gasteiger partial charge >= 0.3 is 0 Å². The average molecular weight is 642 g/mol. The third-order valence-corrected chi connectivity index (χ3v) is 7.79. The van der Waals surface area contributed by atoms with Gasteiger partial charge in [0.25, 0.3) is 0 Å². The molecule has 0 spiro atoms. The maximum absolute atomic E-state index is 14.8. The van der Waals surface area contributed by atoms with Crippen molar-refractivity contribution < 1.29 is 27.8 Å². The Labute approximate surface area is 251 Å². The van der Waals surface area contributed by atoms with Crippen LogP contribution in [0.25, 0.3) is 0 Å². The number of aryl methyl sites for hydroxylation is 1. The lowest BCUT2D eigenvalue weighted by atomic mass is 10.0. The van der Waals surface area contributed by atoms with Gasteiger partial charge in [0, 0.05) is 30.2 Å². The van der Waals surface area contributed by atoms with Gasteiger partial charge in [-0.2, -0.15) is 5.26 Å². The smallest absolute Gasteiger partial charge is 0.238 e. The summed E-state index contributed by atoms with van der Waals surface area (Å²) in [4.78, 5) is 19.4. The Kier molecular flexibility index (Phi) is 10.00. The molecule has 0 aliphatic carbocycles. The number of hydrogen-bond donors (Lipinski definition) is 1. The van der Waals surface area contributed by atoms with Crippen molar-refractivity contribution in [3.8, 4) is 17.7 Å². The van der Waals surface area contributed by atoms with Crippen LogP contribution in [-0.2, 0) is 22.6 Å². The van der Waals surface area contributed by atoms with Crippen molar-refractivity contribution in [2.24, 2.45) is 0 Å². The summed E-state index contributed by atoms with van der Waals surface area (Å²) in [6.45, 7) is 2.26. The lowest BCUT2D eigenvalue weighted by Crippen LogP contribution is -2.42. The highest BCUT2D eigenvalue weighted by molar-refractivity contribution is 9.10. The molecule has 2 saturated heterocycles. The Balaban J connectivity index is 1.08. The van der Waals surface area contributed by atoms with Gasteiger partial charge in [-0.05, 0) is 74.1 Å². The highest BCUT2D eigenvalue weighted by atomic mass is 79.9. The predicted octanol–water partition coefficient (Wildman–Crippen LogP) is 5.78. The first kappa shape index (κ1) is 29.9. The van der Waals surface area contributed by atoms with E-state index in [9.17, 15) is 13.6 Å². The molecule has 1 aromatic heterocycles. The number of rotatable bonds is 11. The van der Waals surface area contributed by atoms with E-state index in [1.807, 2.05) is 17.0 Å². The molecule has 220 valence electrons. The average Bonchev–Trinajstić information content (AvgIpc) is 2.94. The maximum atomic E-state index is 14.8. The van der Waals surface area contributed by atoms with Gasteiger partial charge in [0.2, 0.25) is 11.8 Å². The number of amides is 1. The summed E-state index contributed by atoms with van der Waals surface area (Å²) in [6.07, 6.45) is 3.93. The molecule has 2 aromatic carbocycles. The second-order valence-corrected chi connectivity index (χ2v) is 11.3. The number of benzene rings is 2. The number of hydrogen-bond acceptors (Lipinski definition) is 7. The number of carbonyl (C=O) groups excluding carboxylic acids is 1. The number of anilines is 1. The van der Waals surface area contributed by atoms with Crippen molar-refractivity contribution in [1.82, 2.24) is 9.88 Å². The Morgan fingerprint density at radius 2 is 1.95 bits per heavy atom. The molecule has 8 nitrogen and oxygen atoms in total. The number of aromatic nitrogens is 1. The summed E-state index contributed by atoms with van der Waals surface area (Å²) >= 11 is 3.35. The zero-order valence-electron chi connectivity index (χ0n) is 23.0. The zero-order valence-corrected chi connectivity index (χ0v) is 24.5. The first-order valence-corrected chi connectivity index (χ1v) is 14.7. The van der Waals surface area contributed by atoms with Crippen LogP contribution < -0.4 is 14.8 Å². The first-order valence-electron chi connectivity index (χ1n) is 13.9. The molecule has 1 atom stereocenters. The Bertz CT molecular complexity index is 1460. The van der Waals surface area contributed by atoms with Crippen molar-refractivity contribution in [3.05, 3.63) is 81.5 Å². The Hall–Kier alpha value is -3.59. The van der Waals surface area contributed by atoms with Gasteiger partial charge < -0.3 is 19.5 Å². The van der Waals surface area contributed by atoms with E-state index in [-0.39, 0.29) is 48.3 Å². The summed E-state index contributed by atoms with van der Waals surface area (Å²) in [5.74, 6) is -0.844. The molecule has 5 rings (SSSR count). The maximum Gasteiger partial charge on any atom is 0.238 e. The van der Waals surface area contributed by atoms with Crippen LogP contribution in [0.5, 0.6) is 11.6 Å². The van der Waals surface area contributed by atoms with Gasteiger partial charge in [-0.25, -0.2) is 13.8 Å². The predicted molar refractivity (Wildman–Crippen MR) is 155 cm³/mol. The zero-order chi connectivity index (χ0) is 29.5. The fraction of sp³-hybridized carbons (Fsp3) is 0.387.